The summed E-state index contributed by atoms with van der Waals surface area (Å²) in [6.07, 6.45) is 0. The SMILES string of the molecule is COc1ccccc1C(N)=Nc1cccc(C)c1. The fourth-order valence-electron chi connectivity index (χ4n) is 1.75. The molecule has 0 radical (unpaired) electrons. The molecule has 0 aliphatic carbocycles. The Bertz CT molecular complexity index is 576. The Morgan fingerprint density at radius 3 is 2.61 bits per heavy atom. The zero-order chi connectivity index (χ0) is 13.0. The molecule has 3 heteroatoms. The van der Waals surface area contributed by atoms with E-state index >= 15 is 0 Å². The first-order valence-corrected chi connectivity index (χ1v) is 5.75. The van der Waals surface area contributed by atoms with Crippen molar-refractivity contribution in [1.82, 2.24) is 0 Å². The van der Waals surface area contributed by atoms with Crippen LogP contribution in [0.5, 0.6) is 5.75 Å². The summed E-state index contributed by atoms with van der Waals surface area (Å²) in [5, 5.41) is 0. The summed E-state index contributed by atoms with van der Waals surface area (Å²) >= 11 is 0. The molecule has 2 rings (SSSR count). The van der Waals surface area contributed by atoms with Crippen LogP contribution in [0.25, 0.3) is 0 Å². The molecular weight excluding hydrogens is 224 g/mol. The van der Waals surface area contributed by atoms with E-state index in [0.717, 1.165) is 22.6 Å². The molecule has 0 unspecified atom stereocenters. The van der Waals surface area contributed by atoms with Crippen LogP contribution < -0.4 is 10.5 Å². The number of aryl methyl sites for hydroxylation is 1. The molecular formula is C15H16N2O. The molecule has 0 aliphatic rings. The topological polar surface area (TPSA) is 47.6 Å². The number of hydrogen-bond donors (Lipinski definition) is 1. The van der Waals surface area contributed by atoms with Gasteiger partial charge in [-0.1, -0.05) is 24.3 Å². The van der Waals surface area contributed by atoms with Gasteiger partial charge in [-0.25, -0.2) is 4.99 Å². The van der Waals surface area contributed by atoms with Gasteiger partial charge in [0, 0.05) is 0 Å². The Kier molecular flexibility index (Phi) is 3.63. The van der Waals surface area contributed by atoms with Gasteiger partial charge in [0.25, 0.3) is 0 Å². The Balaban J connectivity index is 2.39. The Morgan fingerprint density at radius 1 is 1.11 bits per heavy atom. The molecule has 2 N–H and O–H groups in total. The van der Waals surface area contributed by atoms with Crippen LogP contribution in [0.4, 0.5) is 5.69 Å². The number of nitrogens with two attached hydrogens (primary N) is 1. The minimum absolute atomic E-state index is 0.457. The minimum Gasteiger partial charge on any atom is -0.496 e. The highest BCUT2D eigenvalue weighted by Gasteiger charge is 2.05. The molecule has 18 heavy (non-hydrogen) atoms. The third-order valence-corrected chi connectivity index (χ3v) is 2.63. The van der Waals surface area contributed by atoms with Crippen molar-refractivity contribution in [3.8, 4) is 5.75 Å². The average molecular weight is 240 g/mol. The van der Waals surface area contributed by atoms with Gasteiger partial charge in [-0.05, 0) is 36.8 Å². The number of para-hydroxylation sites is 1. The maximum atomic E-state index is 6.02. The molecule has 2 aromatic rings. The number of aliphatic imine (C=N–C) groups is 1. The van der Waals surface area contributed by atoms with Gasteiger partial charge in [0.2, 0.25) is 0 Å². The van der Waals surface area contributed by atoms with E-state index in [1.807, 2.05) is 55.5 Å². The van der Waals surface area contributed by atoms with Crippen molar-refractivity contribution in [2.45, 2.75) is 6.92 Å². The van der Waals surface area contributed by atoms with Gasteiger partial charge in [-0.15, -0.1) is 0 Å². The van der Waals surface area contributed by atoms with Gasteiger partial charge >= 0.3 is 0 Å². The fraction of sp³-hybridized carbons (Fsp3) is 0.133. The van der Waals surface area contributed by atoms with Crippen molar-refractivity contribution in [3.63, 3.8) is 0 Å². The van der Waals surface area contributed by atoms with E-state index in [-0.39, 0.29) is 0 Å². The van der Waals surface area contributed by atoms with Gasteiger partial charge < -0.3 is 10.5 Å². The van der Waals surface area contributed by atoms with Crippen molar-refractivity contribution in [2.75, 3.05) is 7.11 Å². The third-order valence-electron chi connectivity index (χ3n) is 2.63. The molecule has 0 aliphatic heterocycles. The number of ether oxygens (including phenoxy) is 1. The number of rotatable bonds is 3. The summed E-state index contributed by atoms with van der Waals surface area (Å²) in [6, 6.07) is 15.5. The second-order valence-corrected chi connectivity index (χ2v) is 4.04. The van der Waals surface area contributed by atoms with Crippen molar-refractivity contribution in [1.29, 1.82) is 0 Å². The summed E-state index contributed by atoms with van der Waals surface area (Å²) < 4.78 is 5.27. The molecule has 0 fully saturated rings. The maximum Gasteiger partial charge on any atom is 0.135 e. The lowest BCUT2D eigenvalue weighted by molar-refractivity contribution is 0.414. The first-order chi connectivity index (χ1) is 8.70. The number of nitrogens with zero attached hydrogens (tertiary/aromatic N) is 1. The Hall–Kier alpha value is -2.29. The van der Waals surface area contributed by atoms with Gasteiger partial charge in [0.05, 0.1) is 18.4 Å². The number of benzene rings is 2. The number of amidine groups is 1. The quantitative estimate of drug-likeness (QED) is 0.662. The van der Waals surface area contributed by atoms with Crippen molar-refractivity contribution >= 4 is 11.5 Å². The molecule has 2 aromatic carbocycles. The average Bonchev–Trinajstić information content (AvgIpc) is 2.38. The monoisotopic (exact) mass is 240 g/mol. The molecule has 3 nitrogen and oxygen atoms in total. The predicted molar refractivity (Wildman–Crippen MR) is 74.6 cm³/mol. The van der Waals surface area contributed by atoms with Crippen LogP contribution in [0, 0.1) is 6.92 Å². The Labute approximate surface area is 107 Å². The molecule has 0 atom stereocenters. The van der Waals surface area contributed by atoms with Gasteiger partial charge in [-0.3, -0.25) is 0 Å². The van der Waals surface area contributed by atoms with Crippen molar-refractivity contribution < 1.29 is 4.74 Å². The normalized spacial score (nSPS) is 11.3. The van der Waals surface area contributed by atoms with Gasteiger partial charge in [-0.2, -0.15) is 0 Å². The highest BCUT2D eigenvalue weighted by molar-refractivity contribution is 6.01. The summed E-state index contributed by atoms with van der Waals surface area (Å²) in [5.74, 6) is 1.18. The van der Waals surface area contributed by atoms with E-state index in [2.05, 4.69) is 4.99 Å². The van der Waals surface area contributed by atoms with Crippen LogP contribution in [0.15, 0.2) is 53.5 Å². The van der Waals surface area contributed by atoms with E-state index < -0.39 is 0 Å². The van der Waals surface area contributed by atoms with E-state index in [4.69, 9.17) is 10.5 Å². The molecule has 0 amide bonds. The van der Waals surface area contributed by atoms with Crippen molar-refractivity contribution in [3.05, 3.63) is 59.7 Å². The van der Waals surface area contributed by atoms with Crippen LogP contribution in [-0.2, 0) is 0 Å². The summed E-state index contributed by atoms with van der Waals surface area (Å²) in [6.45, 7) is 2.03. The third kappa shape index (κ3) is 2.69. The van der Waals surface area contributed by atoms with E-state index in [1.54, 1.807) is 7.11 Å². The van der Waals surface area contributed by atoms with Gasteiger partial charge in [0.15, 0.2) is 0 Å². The maximum absolute atomic E-state index is 6.02. The highest BCUT2D eigenvalue weighted by Crippen LogP contribution is 2.20. The van der Waals surface area contributed by atoms with Crippen LogP contribution >= 0.6 is 0 Å². The fourth-order valence-corrected chi connectivity index (χ4v) is 1.75. The molecule has 0 saturated heterocycles. The largest absolute Gasteiger partial charge is 0.496 e. The minimum atomic E-state index is 0.457. The zero-order valence-electron chi connectivity index (χ0n) is 10.6. The molecule has 0 saturated carbocycles. The first-order valence-electron chi connectivity index (χ1n) is 5.75. The molecule has 0 bridgehead atoms. The highest BCUT2D eigenvalue weighted by atomic mass is 16.5. The lowest BCUT2D eigenvalue weighted by atomic mass is 10.2. The molecule has 0 aromatic heterocycles. The predicted octanol–water partition coefficient (Wildman–Crippen LogP) is 3.04. The van der Waals surface area contributed by atoms with Crippen LogP contribution in [0.3, 0.4) is 0 Å². The van der Waals surface area contributed by atoms with Crippen LogP contribution in [0.1, 0.15) is 11.1 Å². The summed E-state index contributed by atoms with van der Waals surface area (Å²) in [7, 11) is 1.62. The Morgan fingerprint density at radius 2 is 1.89 bits per heavy atom. The molecule has 0 heterocycles. The number of methoxy groups -OCH3 is 1. The zero-order valence-corrected chi connectivity index (χ0v) is 10.6. The van der Waals surface area contributed by atoms with Crippen molar-refractivity contribution in [2.24, 2.45) is 10.7 Å². The van der Waals surface area contributed by atoms with Crippen LogP contribution in [-0.4, -0.2) is 12.9 Å². The second kappa shape index (κ2) is 5.36. The number of hydrogen-bond acceptors (Lipinski definition) is 2. The lowest BCUT2D eigenvalue weighted by Crippen LogP contribution is -2.13. The summed E-state index contributed by atoms with van der Waals surface area (Å²) in [4.78, 5) is 4.41. The van der Waals surface area contributed by atoms with E-state index in [0.29, 0.717) is 5.84 Å². The standard InChI is InChI=1S/C15H16N2O/c1-11-6-5-7-12(10-11)17-15(16)13-8-3-4-9-14(13)18-2/h3-10H,1-2H3,(H2,16,17). The molecule has 92 valence electrons. The van der Waals surface area contributed by atoms with E-state index in [1.165, 1.54) is 0 Å². The van der Waals surface area contributed by atoms with E-state index in [9.17, 15) is 0 Å². The summed E-state index contributed by atoms with van der Waals surface area (Å²) in [5.41, 5.74) is 8.83. The molecule has 0 spiro atoms. The van der Waals surface area contributed by atoms with Crippen LogP contribution in [0.2, 0.25) is 0 Å². The van der Waals surface area contributed by atoms with Gasteiger partial charge in [0.1, 0.15) is 11.6 Å². The second-order valence-electron chi connectivity index (χ2n) is 4.04. The lowest BCUT2D eigenvalue weighted by Gasteiger charge is -2.07. The smallest absolute Gasteiger partial charge is 0.135 e. The first kappa shape index (κ1) is 12.2.